The number of halogens is 2. The number of hydrogen-bond acceptors (Lipinski definition) is 2. The van der Waals surface area contributed by atoms with Crippen molar-refractivity contribution >= 4 is 37.4 Å². The second kappa shape index (κ2) is 5.64. The fraction of sp³-hybridized carbons (Fsp3) is 0.125. The third-order valence-corrected chi connectivity index (χ3v) is 5.06. The maximum atomic E-state index is 13.1. The van der Waals surface area contributed by atoms with E-state index in [-0.39, 0.29) is 11.9 Å². The first-order valence-electron chi connectivity index (χ1n) is 6.31. The lowest BCUT2D eigenvalue weighted by molar-refractivity contribution is 0.623. The molecule has 1 nitrogen and oxygen atoms in total. The summed E-state index contributed by atoms with van der Waals surface area (Å²) in [4.78, 5) is 0. The molecule has 2 aromatic carbocycles. The van der Waals surface area contributed by atoms with Crippen molar-refractivity contribution in [1.82, 2.24) is 0 Å². The van der Waals surface area contributed by atoms with E-state index >= 15 is 0 Å². The molecule has 0 aliphatic carbocycles. The Morgan fingerprint density at radius 2 is 2.00 bits per heavy atom. The van der Waals surface area contributed by atoms with Crippen LogP contribution in [0, 0.1) is 5.82 Å². The summed E-state index contributed by atoms with van der Waals surface area (Å²) in [7, 11) is 0. The van der Waals surface area contributed by atoms with Crippen LogP contribution in [0.1, 0.15) is 17.2 Å². The van der Waals surface area contributed by atoms with E-state index in [0.29, 0.717) is 0 Å². The highest BCUT2D eigenvalue weighted by atomic mass is 79.9. The lowest BCUT2D eigenvalue weighted by Gasteiger charge is -2.13. The maximum Gasteiger partial charge on any atom is 0.124 e. The highest BCUT2D eigenvalue weighted by Gasteiger charge is 2.13. The van der Waals surface area contributed by atoms with Crippen molar-refractivity contribution in [1.29, 1.82) is 0 Å². The third-order valence-electron chi connectivity index (χ3n) is 3.36. The van der Waals surface area contributed by atoms with E-state index in [2.05, 4.69) is 33.4 Å². The Balaban J connectivity index is 1.90. The monoisotopic (exact) mass is 349 g/mol. The maximum absolute atomic E-state index is 13.1. The molecule has 4 heteroatoms. The summed E-state index contributed by atoms with van der Waals surface area (Å²) in [5.41, 5.74) is 8.46. The lowest BCUT2D eigenvalue weighted by atomic mass is 9.99. The summed E-state index contributed by atoms with van der Waals surface area (Å²) in [6.45, 7) is 0. The van der Waals surface area contributed by atoms with Crippen LogP contribution >= 0.6 is 27.3 Å². The van der Waals surface area contributed by atoms with Crippen LogP contribution in [0.3, 0.4) is 0 Å². The van der Waals surface area contributed by atoms with Gasteiger partial charge in [0.25, 0.3) is 0 Å². The van der Waals surface area contributed by atoms with Gasteiger partial charge in [-0.1, -0.05) is 40.2 Å². The lowest BCUT2D eigenvalue weighted by Crippen LogP contribution is -2.13. The van der Waals surface area contributed by atoms with Crippen LogP contribution < -0.4 is 5.73 Å². The molecule has 0 aliphatic rings. The Hall–Kier alpha value is -1.23. The van der Waals surface area contributed by atoms with Gasteiger partial charge >= 0.3 is 0 Å². The van der Waals surface area contributed by atoms with Crippen LogP contribution in [-0.4, -0.2) is 0 Å². The van der Waals surface area contributed by atoms with Crippen LogP contribution in [0.25, 0.3) is 10.1 Å². The molecule has 1 heterocycles. The molecule has 0 radical (unpaired) electrons. The summed E-state index contributed by atoms with van der Waals surface area (Å²) in [5, 5.41) is 3.41. The predicted molar refractivity (Wildman–Crippen MR) is 86.6 cm³/mol. The van der Waals surface area contributed by atoms with Crippen molar-refractivity contribution in [2.45, 2.75) is 12.5 Å². The van der Waals surface area contributed by atoms with E-state index in [4.69, 9.17) is 5.73 Å². The fourth-order valence-corrected chi connectivity index (χ4v) is 3.96. The highest BCUT2D eigenvalue weighted by molar-refractivity contribution is 9.10. The molecule has 0 saturated carbocycles. The standard InChI is InChI=1S/C16H13BrFNS/c17-14-8-11(18)5-6-13(14)15(19)7-10-9-20-16-4-2-1-3-12(10)16/h1-6,8-9,15H,7,19H2. The molecule has 0 bridgehead atoms. The van der Waals surface area contributed by atoms with Gasteiger partial charge in [0.15, 0.2) is 0 Å². The molecular formula is C16H13BrFNS. The van der Waals surface area contributed by atoms with Gasteiger partial charge in [0.1, 0.15) is 5.82 Å². The molecule has 3 aromatic rings. The molecule has 2 N–H and O–H groups in total. The Bertz CT molecular complexity index is 753. The van der Waals surface area contributed by atoms with Crippen molar-refractivity contribution in [2.75, 3.05) is 0 Å². The number of nitrogens with two attached hydrogens (primary N) is 1. The first-order valence-corrected chi connectivity index (χ1v) is 7.98. The van der Waals surface area contributed by atoms with E-state index in [9.17, 15) is 4.39 Å². The Morgan fingerprint density at radius 3 is 2.80 bits per heavy atom. The smallest absolute Gasteiger partial charge is 0.124 e. The Kier molecular flexibility index (Phi) is 3.87. The van der Waals surface area contributed by atoms with Crippen molar-refractivity contribution < 1.29 is 4.39 Å². The summed E-state index contributed by atoms with van der Waals surface area (Å²) in [6.07, 6.45) is 0.744. The number of rotatable bonds is 3. The molecule has 102 valence electrons. The number of hydrogen-bond donors (Lipinski definition) is 1. The van der Waals surface area contributed by atoms with Gasteiger partial charge in [-0.25, -0.2) is 4.39 Å². The van der Waals surface area contributed by atoms with Gasteiger partial charge in [-0.3, -0.25) is 0 Å². The molecule has 0 aliphatic heterocycles. The molecule has 1 unspecified atom stereocenters. The summed E-state index contributed by atoms with van der Waals surface area (Å²) < 4.78 is 15.1. The second-order valence-corrected chi connectivity index (χ2v) is 6.50. The van der Waals surface area contributed by atoms with E-state index in [0.717, 1.165) is 16.5 Å². The zero-order valence-corrected chi connectivity index (χ0v) is 13.0. The average Bonchev–Trinajstić information content (AvgIpc) is 2.82. The van der Waals surface area contributed by atoms with Crippen molar-refractivity contribution in [3.05, 3.63) is 69.3 Å². The van der Waals surface area contributed by atoms with Gasteiger partial charge in [0.2, 0.25) is 0 Å². The molecule has 0 amide bonds. The average molecular weight is 350 g/mol. The van der Waals surface area contributed by atoms with Crippen molar-refractivity contribution in [2.24, 2.45) is 5.73 Å². The number of benzene rings is 2. The summed E-state index contributed by atoms with van der Waals surface area (Å²) in [5.74, 6) is -0.256. The predicted octanol–water partition coefficient (Wildman–Crippen LogP) is 5.05. The van der Waals surface area contributed by atoms with Gasteiger partial charge < -0.3 is 5.73 Å². The topological polar surface area (TPSA) is 26.0 Å². The largest absolute Gasteiger partial charge is 0.324 e. The molecule has 0 fully saturated rings. The van der Waals surface area contributed by atoms with Gasteiger partial charge in [-0.05, 0) is 46.5 Å². The molecule has 0 saturated heterocycles. The van der Waals surface area contributed by atoms with Crippen LogP contribution in [0.5, 0.6) is 0 Å². The fourth-order valence-electron chi connectivity index (χ4n) is 2.34. The molecule has 1 atom stereocenters. The van der Waals surface area contributed by atoms with Crippen LogP contribution in [0.2, 0.25) is 0 Å². The first-order chi connectivity index (χ1) is 9.65. The summed E-state index contributed by atoms with van der Waals surface area (Å²) >= 11 is 5.11. The molecule has 20 heavy (non-hydrogen) atoms. The van der Waals surface area contributed by atoms with E-state index in [1.807, 2.05) is 12.1 Å². The number of fused-ring (bicyclic) bond motifs is 1. The van der Waals surface area contributed by atoms with E-state index < -0.39 is 0 Å². The SMILES string of the molecule is NC(Cc1csc2ccccc12)c1ccc(F)cc1Br. The van der Waals surface area contributed by atoms with Crippen LogP contribution in [0.15, 0.2) is 52.3 Å². The van der Waals surface area contributed by atoms with Gasteiger partial charge in [-0.2, -0.15) is 0 Å². The molecule has 1 aromatic heterocycles. The minimum Gasteiger partial charge on any atom is -0.324 e. The van der Waals surface area contributed by atoms with Crippen molar-refractivity contribution in [3.8, 4) is 0 Å². The first kappa shape index (κ1) is 13.7. The number of thiophene rings is 1. The van der Waals surface area contributed by atoms with Gasteiger partial charge in [0, 0.05) is 15.2 Å². The quantitative estimate of drug-likeness (QED) is 0.703. The van der Waals surface area contributed by atoms with E-state index in [1.54, 1.807) is 17.4 Å². The van der Waals surface area contributed by atoms with E-state index in [1.165, 1.54) is 27.8 Å². The normalized spacial score (nSPS) is 12.8. The van der Waals surface area contributed by atoms with Gasteiger partial charge in [0.05, 0.1) is 0 Å². The molecule has 3 rings (SSSR count). The third kappa shape index (κ3) is 2.64. The summed E-state index contributed by atoms with van der Waals surface area (Å²) in [6, 6.07) is 12.8. The van der Waals surface area contributed by atoms with Gasteiger partial charge in [-0.15, -0.1) is 11.3 Å². The van der Waals surface area contributed by atoms with Crippen LogP contribution in [0.4, 0.5) is 4.39 Å². The minimum absolute atomic E-state index is 0.150. The highest BCUT2D eigenvalue weighted by Crippen LogP contribution is 2.31. The van der Waals surface area contributed by atoms with Crippen molar-refractivity contribution in [3.63, 3.8) is 0 Å². The Morgan fingerprint density at radius 1 is 1.20 bits per heavy atom. The zero-order chi connectivity index (χ0) is 14.1. The Labute approximate surface area is 129 Å². The molecular weight excluding hydrogens is 337 g/mol. The van der Waals surface area contributed by atoms with Crippen LogP contribution in [-0.2, 0) is 6.42 Å². The zero-order valence-electron chi connectivity index (χ0n) is 10.6. The molecule has 0 spiro atoms. The minimum atomic E-state index is -0.256. The second-order valence-electron chi connectivity index (χ2n) is 4.73.